The van der Waals surface area contributed by atoms with E-state index < -0.39 is 17.6 Å². The predicted octanol–water partition coefficient (Wildman–Crippen LogP) is 9.14. The third-order valence-corrected chi connectivity index (χ3v) is 9.01. The second-order valence-electron chi connectivity index (χ2n) is 11.5. The van der Waals surface area contributed by atoms with Gasteiger partial charge in [-0.2, -0.15) is 9.97 Å². The molecular weight excluding hydrogens is 681 g/mol. The molecule has 4 aromatic rings. The summed E-state index contributed by atoms with van der Waals surface area (Å²) in [5.74, 6) is -1.86. The van der Waals surface area contributed by atoms with Crippen molar-refractivity contribution in [3.63, 3.8) is 0 Å². The van der Waals surface area contributed by atoms with E-state index in [1.165, 1.54) is 44.2 Å². The van der Waals surface area contributed by atoms with E-state index in [9.17, 15) is 9.18 Å². The third-order valence-electron chi connectivity index (χ3n) is 8.40. The molecule has 1 amide bonds. The highest BCUT2D eigenvalue weighted by atomic mass is 35.5. The number of likely N-dealkylation sites (tertiary alicyclic amines) is 1. The fourth-order valence-electron chi connectivity index (χ4n) is 5.93. The first-order valence-corrected chi connectivity index (χ1v) is 17.6. The molecule has 0 bridgehead atoms. The molecule has 8 nitrogen and oxygen atoms in total. The number of ether oxygens (including phenoxy) is 1. The predicted molar refractivity (Wildman–Crippen MR) is 203 cm³/mol. The van der Waals surface area contributed by atoms with E-state index in [1.54, 1.807) is 38.1 Å². The van der Waals surface area contributed by atoms with Crippen molar-refractivity contribution < 1.29 is 18.3 Å². The van der Waals surface area contributed by atoms with Gasteiger partial charge in [-0.25, -0.2) is 8.78 Å². The molecule has 1 aromatic heterocycles. The molecule has 266 valence electrons. The van der Waals surface area contributed by atoms with Gasteiger partial charge in [0.2, 0.25) is 0 Å². The second kappa shape index (κ2) is 18.2. The molecule has 50 heavy (non-hydrogen) atoms. The number of piperazine rings is 1. The Kier molecular flexibility index (Phi) is 14.1. The van der Waals surface area contributed by atoms with Crippen LogP contribution in [0.3, 0.4) is 0 Å². The number of carbonyl (C=O) groups is 1. The summed E-state index contributed by atoms with van der Waals surface area (Å²) >= 11 is 13.3. The number of rotatable bonds is 6. The Bertz CT molecular complexity index is 1900. The molecule has 2 aliphatic heterocycles. The van der Waals surface area contributed by atoms with Gasteiger partial charge >= 0.3 is 6.01 Å². The summed E-state index contributed by atoms with van der Waals surface area (Å²) in [6.45, 7) is 11.1. The smallest absolute Gasteiger partial charge is 0.318 e. The number of amides is 1. The summed E-state index contributed by atoms with van der Waals surface area (Å²) in [5.41, 5.74) is 1.09. The molecule has 0 spiro atoms. The van der Waals surface area contributed by atoms with E-state index in [-0.39, 0.29) is 35.2 Å². The van der Waals surface area contributed by atoms with Crippen LogP contribution in [0.15, 0.2) is 71.1 Å². The highest BCUT2D eigenvalue weighted by Crippen LogP contribution is 2.42. The average Bonchev–Trinajstić information content (AvgIpc) is 3.62. The highest BCUT2D eigenvalue weighted by Gasteiger charge is 2.28. The maximum absolute atomic E-state index is 16.4. The number of methoxy groups -OCH3 is 1. The Balaban J connectivity index is 0.000000626. The number of allylic oxidation sites excluding steroid dienone is 2. The summed E-state index contributed by atoms with van der Waals surface area (Å²) < 4.78 is 36.4. The number of aliphatic imine (C=N–C) groups is 1. The summed E-state index contributed by atoms with van der Waals surface area (Å²) in [6, 6.07) is 12.5. The third kappa shape index (κ3) is 8.78. The maximum Gasteiger partial charge on any atom is 0.318 e. The summed E-state index contributed by atoms with van der Waals surface area (Å²) in [5, 5.41) is 2.54. The average molecular weight is 726 g/mol. The van der Waals surface area contributed by atoms with Crippen LogP contribution in [0.2, 0.25) is 10.0 Å². The van der Waals surface area contributed by atoms with Gasteiger partial charge in [0.15, 0.2) is 11.6 Å². The summed E-state index contributed by atoms with van der Waals surface area (Å²) in [4.78, 5) is 31.3. The highest BCUT2D eigenvalue weighted by molar-refractivity contribution is 6.38. The zero-order chi connectivity index (χ0) is 36.4. The minimum atomic E-state index is -0.897. The minimum Gasteiger partial charge on any atom is -0.467 e. The van der Waals surface area contributed by atoms with E-state index in [0.29, 0.717) is 46.0 Å². The molecule has 0 aliphatic carbocycles. The van der Waals surface area contributed by atoms with Gasteiger partial charge in [-0.15, -0.1) is 0 Å². The summed E-state index contributed by atoms with van der Waals surface area (Å²) in [6.07, 6.45) is 7.08. The monoisotopic (exact) mass is 724 g/mol. The molecule has 3 aromatic carbocycles. The Morgan fingerprint density at radius 3 is 2.20 bits per heavy atom. The van der Waals surface area contributed by atoms with Gasteiger partial charge in [-0.3, -0.25) is 9.79 Å². The van der Waals surface area contributed by atoms with Crippen molar-refractivity contribution in [2.75, 3.05) is 58.3 Å². The van der Waals surface area contributed by atoms with Gasteiger partial charge in [0, 0.05) is 59.8 Å². The fourth-order valence-corrected chi connectivity index (χ4v) is 6.50. The molecule has 0 N–H and O–H groups in total. The van der Waals surface area contributed by atoms with Gasteiger partial charge in [0.05, 0.1) is 17.8 Å². The number of carbonyl (C=O) groups excluding carboxylic acids is 1. The van der Waals surface area contributed by atoms with Crippen molar-refractivity contribution in [3.05, 3.63) is 82.0 Å². The van der Waals surface area contributed by atoms with Crippen molar-refractivity contribution >= 4 is 62.8 Å². The first kappa shape index (κ1) is 38.7. The lowest BCUT2D eigenvalue weighted by Crippen LogP contribution is -2.49. The zero-order valence-electron chi connectivity index (χ0n) is 29.4. The Morgan fingerprint density at radius 2 is 1.62 bits per heavy atom. The van der Waals surface area contributed by atoms with Gasteiger partial charge < -0.3 is 19.4 Å². The van der Waals surface area contributed by atoms with E-state index in [2.05, 4.69) is 26.9 Å². The number of nitrogens with zero attached hydrogens (tertiary/aromatic N) is 6. The quantitative estimate of drug-likeness (QED) is 0.112. The molecule has 12 heteroatoms. The normalized spacial score (nSPS) is 15.6. The van der Waals surface area contributed by atoms with E-state index >= 15 is 4.39 Å². The second-order valence-corrected chi connectivity index (χ2v) is 12.3. The Labute approximate surface area is 303 Å². The number of halogens is 4. The molecule has 3 heterocycles. The summed E-state index contributed by atoms with van der Waals surface area (Å²) in [7, 11) is 3.57. The number of hydrogen-bond acceptors (Lipinski definition) is 7. The van der Waals surface area contributed by atoms with Gasteiger partial charge in [0.1, 0.15) is 11.3 Å². The van der Waals surface area contributed by atoms with Crippen molar-refractivity contribution in [2.24, 2.45) is 4.99 Å². The Morgan fingerprint density at radius 1 is 0.960 bits per heavy atom. The lowest BCUT2D eigenvalue weighted by atomic mass is 9.96. The first-order valence-electron chi connectivity index (χ1n) is 16.8. The number of aromatic nitrogens is 2. The van der Waals surface area contributed by atoms with E-state index in [1.807, 2.05) is 43.0 Å². The molecule has 2 aliphatic rings. The molecule has 6 rings (SSSR count). The molecule has 2 fully saturated rings. The van der Waals surface area contributed by atoms with Crippen LogP contribution in [0, 0.1) is 5.82 Å². The number of fused-ring (bicyclic) bond motifs is 2. The zero-order valence-corrected chi connectivity index (χ0v) is 31.0. The largest absolute Gasteiger partial charge is 0.467 e. The van der Waals surface area contributed by atoms with Crippen LogP contribution in [0.5, 0.6) is 6.01 Å². The maximum atomic E-state index is 16.4. The van der Waals surface area contributed by atoms with Gasteiger partial charge in [-0.05, 0) is 69.9 Å². The number of hydrogen-bond donors (Lipinski definition) is 0. The minimum absolute atomic E-state index is 0.0246. The van der Waals surface area contributed by atoms with Gasteiger partial charge in [0.25, 0.3) is 5.91 Å². The van der Waals surface area contributed by atoms with Crippen LogP contribution in [0.1, 0.15) is 40.5 Å². The molecule has 0 saturated carbocycles. The van der Waals surface area contributed by atoms with Crippen molar-refractivity contribution in [1.82, 2.24) is 19.8 Å². The molecule has 0 radical (unpaired) electrons. The topological polar surface area (TPSA) is 74.2 Å². The van der Waals surface area contributed by atoms with Crippen molar-refractivity contribution in [2.45, 2.75) is 40.5 Å². The fraction of sp³-hybridized carbons (Fsp3) is 0.368. The molecular formula is C38H44Cl2F2N6O2. The Hall–Kier alpha value is -4.12. The standard InChI is InChI=1S/C31H27Cl2F2N5O2.C5H11N.C2H6/c1-4-19(36-5-2)16-24(34)30(41)40-14-12-39(13-15-40)29-21-17-23(33)26(27(35)28(21)37-31(38-29)42-3)20-10-6-8-18-9-7-11-22(32)25(18)20;1-6-4-2-3-5-6;1-2/h4-11,16-17H,12-15H2,1-3H3;2-5H2,1H3;1-2H3/b19-4-,24-16-,36-5?;;. The van der Waals surface area contributed by atoms with Crippen LogP contribution < -0.4 is 9.64 Å². The molecule has 0 atom stereocenters. The van der Waals surface area contributed by atoms with Crippen LogP contribution in [-0.2, 0) is 4.79 Å². The van der Waals surface area contributed by atoms with E-state index in [0.717, 1.165) is 11.5 Å². The van der Waals surface area contributed by atoms with E-state index in [4.69, 9.17) is 27.9 Å². The van der Waals surface area contributed by atoms with Crippen LogP contribution in [0.25, 0.3) is 32.8 Å². The SMILES string of the molecule is CC.CC=NC(=C\C)/C=C(\F)C(=O)N1CCN(c2nc(OC)nc3c(F)c(-c4cccc5cccc(Cl)c45)c(Cl)cc23)CC1.CN1CCCC1. The van der Waals surface area contributed by atoms with Crippen molar-refractivity contribution in [3.8, 4) is 17.1 Å². The number of benzene rings is 3. The first-order chi connectivity index (χ1) is 24.2. The molecule has 2 saturated heterocycles. The van der Waals surface area contributed by atoms with Crippen LogP contribution in [0.4, 0.5) is 14.6 Å². The number of anilines is 1. The van der Waals surface area contributed by atoms with Crippen LogP contribution >= 0.6 is 23.2 Å². The van der Waals surface area contributed by atoms with Crippen LogP contribution in [-0.4, -0.2) is 85.3 Å². The molecule has 0 unspecified atom stereocenters. The lowest BCUT2D eigenvalue weighted by molar-refractivity contribution is -0.129. The van der Waals surface area contributed by atoms with Gasteiger partial charge in [-0.1, -0.05) is 73.5 Å². The lowest BCUT2D eigenvalue weighted by Gasteiger charge is -2.35. The van der Waals surface area contributed by atoms with Crippen molar-refractivity contribution in [1.29, 1.82) is 0 Å².